The van der Waals surface area contributed by atoms with E-state index < -0.39 is 0 Å². The summed E-state index contributed by atoms with van der Waals surface area (Å²) in [4.78, 5) is 1.37. The molecule has 1 nitrogen and oxygen atoms in total. The first-order valence-electron chi connectivity index (χ1n) is 7.90. The maximum absolute atomic E-state index is 6.03. The molecule has 0 radical (unpaired) electrons. The van der Waals surface area contributed by atoms with Crippen LogP contribution in [-0.2, 0) is 0 Å². The molecule has 0 bridgehead atoms. The molecule has 1 saturated carbocycles. The van der Waals surface area contributed by atoms with Gasteiger partial charge in [-0.2, -0.15) is 0 Å². The second kappa shape index (κ2) is 5.42. The molecule has 1 aliphatic rings. The van der Waals surface area contributed by atoms with Crippen molar-refractivity contribution in [1.29, 1.82) is 0 Å². The molecular weight excluding hydrogens is 276 g/mol. The quantitative estimate of drug-likeness (QED) is 0.549. The molecule has 0 saturated heterocycles. The molecule has 1 aromatic heterocycles. The highest BCUT2D eigenvalue weighted by molar-refractivity contribution is 8.00. The number of fused-ring (bicyclic) bond motifs is 3. The van der Waals surface area contributed by atoms with Crippen LogP contribution in [0, 0.1) is 6.92 Å². The Morgan fingerprint density at radius 1 is 1.00 bits per heavy atom. The van der Waals surface area contributed by atoms with Crippen LogP contribution >= 0.6 is 11.8 Å². The van der Waals surface area contributed by atoms with Crippen molar-refractivity contribution >= 4 is 33.5 Å². The van der Waals surface area contributed by atoms with Gasteiger partial charge in [0.25, 0.3) is 0 Å². The third kappa shape index (κ3) is 2.36. The molecule has 0 unspecified atom stereocenters. The maximum atomic E-state index is 6.03. The zero-order valence-electron chi connectivity index (χ0n) is 12.4. The molecule has 2 aromatic carbocycles. The van der Waals surface area contributed by atoms with Crippen LogP contribution in [0.4, 0.5) is 0 Å². The molecule has 1 heterocycles. The minimum Gasteiger partial charge on any atom is -0.460 e. The number of thioether (sulfide) groups is 1. The van der Waals surface area contributed by atoms with E-state index in [4.69, 9.17) is 4.42 Å². The molecule has 1 fully saturated rings. The Hall–Kier alpha value is -1.41. The van der Waals surface area contributed by atoms with Crippen LogP contribution in [0.15, 0.2) is 45.7 Å². The van der Waals surface area contributed by atoms with Crippen molar-refractivity contribution in [3.63, 3.8) is 0 Å². The highest BCUT2D eigenvalue weighted by atomic mass is 32.2. The molecule has 0 aliphatic heterocycles. The highest BCUT2D eigenvalue weighted by Crippen LogP contribution is 2.42. The van der Waals surface area contributed by atoms with Gasteiger partial charge < -0.3 is 4.42 Å². The van der Waals surface area contributed by atoms with Gasteiger partial charge in [-0.15, -0.1) is 11.8 Å². The number of aryl methyl sites for hydroxylation is 1. The summed E-state index contributed by atoms with van der Waals surface area (Å²) < 4.78 is 6.03. The van der Waals surface area contributed by atoms with Gasteiger partial charge in [0.1, 0.15) is 11.3 Å². The zero-order valence-corrected chi connectivity index (χ0v) is 13.2. The number of hydrogen-bond donors (Lipinski definition) is 0. The van der Waals surface area contributed by atoms with Gasteiger partial charge in [0.2, 0.25) is 0 Å². The van der Waals surface area contributed by atoms with Crippen molar-refractivity contribution in [3.05, 3.63) is 42.2 Å². The largest absolute Gasteiger partial charge is 0.460 e. The van der Waals surface area contributed by atoms with Crippen molar-refractivity contribution in [2.24, 2.45) is 0 Å². The van der Waals surface area contributed by atoms with Gasteiger partial charge in [0.15, 0.2) is 0 Å². The smallest absolute Gasteiger partial charge is 0.136 e. The molecule has 108 valence electrons. The van der Waals surface area contributed by atoms with Gasteiger partial charge in [-0.3, -0.25) is 0 Å². The van der Waals surface area contributed by atoms with Crippen LogP contribution in [0.3, 0.4) is 0 Å². The topological polar surface area (TPSA) is 13.1 Å². The van der Waals surface area contributed by atoms with E-state index in [1.165, 1.54) is 53.2 Å². The maximum Gasteiger partial charge on any atom is 0.136 e. The molecule has 0 atom stereocenters. The summed E-state index contributed by atoms with van der Waals surface area (Å²) >= 11 is 2.05. The number of rotatable bonds is 2. The normalized spacial score (nSPS) is 16.8. The molecular formula is C19H20OS. The van der Waals surface area contributed by atoms with Crippen molar-refractivity contribution in [2.75, 3.05) is 0 Å². The summed E-state index contributed by atoms with van der Waals surface area (Å²) in [6.45, 7) is 2.11. The summed E-state index contributed by atoms with van der Waals surface area (Å²) in [6.07, 6.45) is 6.87. The Kier molecular flexibility index (Phi) is 3.42. The van der Waals surface area contributed by atoms with Crippen LogP contribution in [0.5, 0.6) is 0 Å². The molecule has 2 heteroatoms. The van der Waals surface area contributed by atoms with Gasteiger partial charge in [-0.05, 0) is 36.6 Å². The molecule has 3 aromatic rings. The van der Waals surface area contributed by atoms with Crippen molar-refractivity contribution in [2.45, 2.75) is 49.2 Å². The summed E-state index contributed by atoms with van der Waals surface area (Å²) in [7, 11) is 0. The van der Waals surface area contributed by atoms with E-state index in [1.807, 2.05) is 11.8 Å². The highest BCUT2D eigenvalue weighted by Gasteiger charge is 2.20. The predicted molar refractivity (Wildman–Crippen MR) is 91.2 cm³/mol. The number of hydrogen-bond acceptors (Lipinski definition) is 2. The van der Waals surface area contributed by atoms with Crippen LogP contribution in [-0.4, -0.2) is 5.25 Å². The molecule has 0 N–H and O–H groups in total. The van der Waals surface area contributed by atoms with Gasteiger partial charge in [-0.1, -0.05) is 49.6 Å². The van der Waals surface area contributed by atoms with Gasteiger partial charge >= 0.3 is 0 Å². The second-order valence-electron chi connectivity index (χ2n) is 6.03. The van der Waals surface area contributed by atoms with Gasteiger partial charge in [-0.25, -0.2) is 0 Å². The average Bonchev–Trinajstić information content (AvgIpc) is 2.85. The summed E-state index contributed by atoms with van der Waals surface area (Å²) in [6, 6.07) is 12.9. The first kappa shape index (κ1) is 13.3. The average molecular weight is 296 g/mol. The zero-order chi connectivity index (χ0) is 14.2. The lowest BCUT2D eigenvalue weighted by atomic mass is 10.0. The third-order valence-electron chi connectivity index (χ3n) is 4.54. The van der Waals surface area contributed by atoms with Crippen molar-refractivity contribution in [3.8, 4) is 0 Å². The van der Waals surface area contributed by atoms with E-state index in [9.17, 15) is 0 Å². The summed E-state index contributed by atoms with van der Waals surface area (Å²) in [5.41, 5.74) is 1.03. The van der Waals surface area contributed by atoms with Crippen molar-refractivity contribution < 1.29 is 4.42 Å². The lowest BCUT2D eigenvalue weighted by Crippen LogP contribution is -2.07. The van der Waals surface area contributed by atoms with E-state index >= 15 is 0 Å². The van der Waals surface area contributed by atoms with E-state index in [0.29, 0.717) is 0 Å². The predicted octanol–water partition coefficient (Wildman–Crippen LogP) is 6.32. The molecule has 0 amide bonds. The summed E-state index contributed by atoms with van der Waals surface area (Å²) in [5.74, 6) is 1.08. The fraction of sp³-hybridized carbons (Fsp3) is 0.368. The number of furan rings is 1. The first-order chi connectivity index (χ1) is 10.3. The van der Waals surface area contributed by atoms with Crippen LogP contribution in [0.25, 0.3) is 21.7 Å². The Balaban J connectivity index is 1.86. The lowest BCUT2D eigenvalue weighted by molar-refractivity contribution is 0.515. The number of benzene rings is 2. The SMILES string of the molecule is Cc1oc2ccc3ccccc3c2c1SC1CCCCC1. The second-order valence-corrected chi connectivity index (χ2v) is 7.34. The van der Waals surface area contributed by atoms with Gasteiger partial charge in [0.05, 0.1) is 4.90 Å². The van der Waals surface area contributed by atoms with Crippen LogP contribution < -0.4 is 0 Å². The molecule has 4 rings (SSSR count). The van der Waals surface area contributed by atoms with Crippen molar-refractivity contribution in [1.82, 2.24) is 0 Å². The van der Waals surface area contributed by atoms with Crippen LogP contribution in [0.2, 0.25) is 0 Å². The molecule has 0 spiro atoms. The monoisotopic (exact) mass is 296 g/mol. The fourth-order valence-corrected chi connectivity index (χ4v) is 4.89. The Bertz CT molecular complexity index is 781. The Morgan fingerprint density at radius 3 is 2.67 bits per heavy atom. The fourth-order valence-electron chi connectivity index (χ4n) is 3.45. The Morgan fingerprint density at radius 2 is 1.81 bits per heavy atom. The van der Waals surface area contributed by atoms with Crippen LogP contribution in [0.1, 0.15) is 37.9 Å². The molecule has 1 aliphatic carbocycles. The minimum atomic E-state index is 0.761. The standard InChI is InChI=1S/C19H20OS/c1-13-19(21-15-8-3-2-4-9-15)18-16-10-6-5-7-14(16)11-12-17(18)20-13/h5-7,10-12,15H,2-4,8-9H2,1H3. The van der Waals surface area contributed by atoms with E-state index in [1.54, 1.807) is 0 Å². The van der Waals surface area contributed by atoms with E-state index in [0.717, 1.165) is 16.6 Å². The minimum absolute atomic E-state index is 0.761. The Labute approximate surface area is 129 Å². The lowest BCUT2D eigenvalue weighted by Gasteiger charge is -2.20. The first-order valence-corrected chi connectivity index (χ1v) is 8.78. The third-order valence-corrected chi connectivity index (χ3v) is 6.07. The van der Waals surface area contributed by atoms with E-state index in [-0.39, 0.29) is 0 Å². The summed E-state index contributed by atoms with van der Waals surface area (Å²) in [5, 5.41) is 4.71. The molecule has 21 heavy (non-hydrogen) atoms. The van der Waals surface area contributed by atoms with Gasteiger partial charge in [0, 0.05) is 10.6 Å². The van der Waals surface area contributed by atoms with E-state index in [2.05, 4.69) is 43.3 Å².